The highest BCUT2D eigenvalue weighted by Crippen LogP contribution is 2.55. The molecule has 0 aromatic rings. The van der Waals surface area contributed by atoms with Gasteiger partial charge in [0.05, 0.1) is 0 Å². The second-order valence-corrected chi connectivity index (χ2v) is 5.28. The molecule has 0 radical (unpaired) electrons. The summed E-state index contributed by atoms with van der Waals surface area (Å²) in [5.41, 5.74) is 0.565. The van der Waals surface area contributed by atoms with Crippen molar-refractivity contribution >= 4 is 20.6 Å². The predicted octanol–water partition coefficient (Wildman–Crippen LogP) is 2.23. The summed E-state index contributed by atoms with van der Waals surface area (Å²) in [5.74, 6) is 0.0394. The molecule has 12 heavy (non-hydrogen) atoms. The van der Waals surface area contributed by atoms with Crippen LogP contribution in [0.15, 0.2) is 23.6 Å². The van der Waals surface area contributed by atoms with Crippen LogP contribution in [0.4, 0.5) is 9.59 Å². The van der Waals surface area contributed by atoms with E-state index in [1.165, 1.54) is 11.5 Å². The van der Waals surface area contributed by atoms with Crippen LogP contribution in [0.2, 0.25) is 0 Å². The van der Waals surface area contributed by atoms with E-state index >= 15 is 0 Å². The molecular weight excluding hydrogens is 180 g/mol. The molecule has 0 atom stereocenters. The van der Waals surface area contributed by atoms with Gasteiger partial charge in [-0.1, -0.05) is 12.7 Å². The molecule has 0 aromatic heterocycles. The first-order chi connectivity index (χ1) is 5.49. The average Bonchev–Trinajstić information content (AvgIpc) is 2.32. The number of allylic oxidation sites excluding steroid dienone is 1. The van der Waals surface area contributed by atoms with Crippen LogP contribution in [-0.2, 0) is 0 Å². The van der Waals surface area contributed by atoms with Crippen LogP contribution in [0.3, 0.4) is 0 Å². The van der Waals surface area contributed by atoms with Gasteiger partial charge in [0, 0.05) is 5.75 Å². The van der Waals surface area contributed by atoms with Gasteiger partial charge in [0.2, 0.25) is 0 Å². The molecule has 5 heteroatoms. The molecule has 0 amide bonds. The zero-order valence-corrected chi connectivity index (χ0v) is 7.00. The van der Waals surface area contributed by atoms with Crippen LogP contribution in [0.5, 0.6) is 0 Å². The Morgan fingerprint density at radius 3 is 2.08 bits per heavy atom. The number of hydrogen-bond acceptors (Lipinski definition) is 2. The van der Waals surface area contributed by atoms with Crippen LogP contribution < -0.4 is 0 Å². The fourth-order valence-corrected chi connectivity index (χ4v) is 2.75. The van der Waals surface area contributed by atoms with Crippen LogP contribution in [-0.4, -0.2) is 26.6 Å². The predicted molar refractivity (Wildman–Crippen MR) is 46.8 cm³/mol. The van der Waals surface area contributed by atoms with Crippen LogP contribution in [0.25, 0.3) is 0 Å². The SMILES string of the molecule is C=C1C=CS(C(=O)O)(C(=O)O)C1. The highest BCUT2D eigenvalue weighted by atomic mass is 32.3. The minimum Gasteiger partial charge on any atom is -0.474 e. The lowest BCUT2D eigenvalue weighted by molar-refractivity contribution is 0.216. The highest BCUT2D eigenvalue weighted by molar-refractivity contribution is 8.57. The zero-order valence-electron chi connectivity index (χ0n) is 6.19. The zero-order chi connectivity index (χ0) is 9.35. The molecule has 1 heterocycles. The van der Waals surface area contributed by atoms with Crippen molar-refractivity contribution in [1.29, 1.82) is 0 Å². The molecule has 66 valence electrons. The maximum Gasteiger partial charge on any atom is 0.360 e. The van der Waals surface area contributed by atoms with E-state index in [0.29, 0.717) is 5.57 Å². The van der Waals surface area contributed by atoms with E-state index in [4.69, 9.17) is 10.2 Å². The lowest BCUT2D eigenvalue weighted by Gasteiger charge is -2.21. The summed E-state index contributed by atoms with van der Waals surface area (Å²) in [6.07, 6.45) is 1.47. The van der Waals surface area contributed by atoms with Gasteiger partial charge >= 0.3 is 10.6 Å². The van der Waals surface area contributed by atoms with Crippen molar-refractivity contribution in [2.24, 2.45) is 0 Å². The number of carboxylic acid groups (broad SMARTS) is 2. The molecular formula is C7H8O4S. The topological polar surface area (TPSA) is 74.6 Å². The van der Waals surface area contributed by atoms with Gasteiger partial charge in [0.25, 0.3) is 0 Å². The van der Waals surface area contributed by atoms with Gasteiger partial charge in [-0.3, -0.25) is 0 Å². The Morgan fingerprint density at radius 1 is 1.42 bits per heavy atom. The van der Waals surface area contributed by atoms with E-state index in [-0.39, 0.29) is 5.75 Å². The van der Waals surface area contributed by atoms with Crippen molar-refractivity contribution in [2.75, 3.05) is 5.75 Å². The van der Waals surface area contributed by atoms with Crippen LogP contribution in [0, 0.1) is 0 Å². The molecule has 1 rings (SSSR count). The van der Waals surface area contributed by atoms with Gasteiger partial charge in [0.15, 0.2) is 0 Å². The maximum atomic E-state index is 10.7. The standard InChI is InChI=1S/C7H8O4S/c1-5-2-3-12(4-5,6(8)9)7(10)11/h2-3H,1,4H2,(H,8,9)(H,10,11). The molecule has 2 N–H and O–H groups in total. The van der Waals surface area contributed by atoms with Crippen LogP contribution in [0.1, 0.15) is 0 Å². The molecule has 0 saturated heterocycles. The minimum absolute atomic E-state index is 0.0394. The summed E-state index contributed by atoms with van der Waals surface area (Å²) >= 11 is 0. The number of carbonyl (C=O) groups is 2. The van der Waals surface area contributed by atoms with Crippen molar-refractivity contribution < 1.29 is 19.8 Å². The highest BCUT2D eigenvalue weighted by Gasteiger charge is 2.41. The second kappa shape index (κ2) is 2.67. The lowest BCUT2D eigenvalue weighted by Crippen LogP contribution is -2.17. The summed E-state index contributed by atoms with van der Waals surface area (Å²) in [4.78, 5) is 21.3. The first kappa shape index (κ1) is 8.86. The third-order valence-electron chi connectivity index (χ3n) is 1.57. The minimum atomic E-state index is -2.69. The molecule has 1 aliphatic rings. The molecule has 0 aromatic carbocycles. The van der Waals surface area contributed by atoms with E-state index in [1.807, 2.05) is 0 Å². The van der Waals surface area contributed by atoms with E-state index in [0.717, 1.165) is 0 Å². The number of rotatable bonds is 0. The van der Waals surface area contributed by atoms with E-state index in [2.05, 4.69) is 6.58 Å². The first-order valence-electron chi connectivity index (χ1n) is 3.12. The van der Waals surface area contributed by atoms with Gasteiger partial charge < -0.3 is 10.2 Å². The molecule has 0 spiro atoms. The van der Waals surface area contributed by atoms with E-state index in [9.17, 15) is 9.59 Å². The van der Waals surface area contributed by atoms with Gasteiger partial charge in [-0.25, -0.2) is 9.59 Å². The third kappa shape index (κ3) is 1.12. The Hall–Kier alpha value is -1.23. The van der Waals surface area contributed by atoms with Crippen molar-refractivity contribution in [3.05, 3.63) is 23.6 Å². The van der Waals surface area contributed by atoms with E-state index in [1.54, 1.807) is 0 Å². The molecule has 0 bridgehead atoms. The smallest absolute Gasteiger partial charge is 0.360 e. The summed E-state index contributed by atoms with van der Waals surface area (Å²) in [6.45, 7) is 3.52. The van der Waals surface area contributed by atoms with Crippen molar-refractivity contribution in [1.82, 2.24) is 0 Å². The molecule has 1 aliphatic heterocycles. The van der Waals surface area contributed by atoms with Crippen LogP contribution >= 0.6 is 10.0 Å². The molecule has 0 unspecified atom stereocenters. The quantitative estimate of drug-likeness (QED) is 0.611. The molecule has 0 aliphatic carbocycles. The summed E-state index contributed by atoms with van der Waals surface area (Å²) in [7, 11) is -2.69. The lowest BCUT2D eigenvalue weighted by atomic mass is 10.4. The molecule has 0 saturated carbocycles. The fourth-order valence-electron chi connectivity index (χ4n) is 0.916. The van der Waals surface area contributed by atoms with E-state index < -0.39 is 20.6 Å². The Kier molecular flexibility index (Phi) is 1.97. The normalized spacial score (nSPS) is 22.2. The van der Waals surface area contributed by atoms with Gasteiger partial charge in [-0.05, 0) is 21.0 Å². The van der Waals surface area contributed by atoms with Crippen molar-refractivity contribution in [2.45, 2.75) is 0 Å². The fraction of sp³-hybridized carbons (Fsp3) is 0.143. The largest absolute Gasteiger partial charge is 0.474 e. The summed E-state index contributed by atoms with van der Waals surface area (Å²) in [5, 5.41) is 16.2. The second-order valence-electron chi connectivity index (χ2n) is 2.43. The molecule has 0 fully saturated rings. The Balaban J connectivity index is 3.07. The van der Waals surface area contributed by atoms with Gasteiger partial charge in [-0.15, -0.1) is 0 Å². The van der Waals surface area contributed by atoms with Gasteiger partial charge in [-0.2, -0.15) is 0 Å². The van der Waals surface area contributed by atoms with Crippen molar-refractivity contribution in [3.8, 4) is 0 Å². The Morgan fingerprint density at radius 2 is 1.92 bits per heavy atom. The Bertz CT molecular complexity index is 278. The summed E-state index contributed by atoms with van der Waals surface area (Å²) in [6, 6.07) is 0. The number of hydrogen-bond donors (Lipinski definition) is 2. The summed E-state index contributed by atoms with van der Waals surface area (Å²) < 4.78 is 0. The molecule has 4 nitrogen and oxygen atoms in total. The van der Waals surface area contributed by atoms with Gasteiger partial charge in [0.1, 0.15) is 0 Å². The first-order valence-corrected chi connectivity index (χ1v) is 4.98. The monoisotopic (exact) mass is 188 g/mol. The Labute approximate surface area is 70.5 Å². The average molecular weight is 188 g/mol. The third-order valence-corrected chi connectivity index (χ3v) is 4.25. The van der Waals surface area contributed by atoms with Crippen molar-refractivity contribution in [3.63, 3.8) is 0 Å². The maximum absolute atomic E-state index is 10.7.